The minimum Gasteiger partial charge on any atom is -0.437 e. The standard InChI is InChI=1S/C19H19N5O2/c1-12-4-7-15(11-21-12)26-19-14(3-2-8-20-19)10-22-18(25)17-9-16(23-24-17)13-5-6-13/h2-4,7-9,11,13H,5-6,10H2,1H3,(H,22,25)(H,23,24). The molecule has 0 unspecified atom stereocenters. The number of nitrogens with zero attached hydrogens (tertiary/aromatic N) is 3. The molecule has 2 N–H and O–H groups in total. The molecule has 0 bridgehead atoms. The number of pyridine rings is 2. The number of ether oxygens (including phenoxy) is 1. The zero-order chi connectivity index (χ0) is 17.9. The highest BCUT2D eigenvalue weighted by Crippen LogP contribution is 2.38. The second-order valence-electron chi connectivity index (χ2n) is 6.37. The van der Waals surface area contributed by atoms with Gasteiger partial charge in [0.1, 0.15) is 11.4 Å². The first-order valence-corrected chi connectivity index (χ1v) is 8.57. The SMILES string of the molecule is Cc1ccc(Oc2ncccc2CNC(=O)c2cc(C3CC3)[nH]n2)cn1. The highest BCUT2D eigenvalue weighted by atomic mass is 16.5. The van der Waals surface area contributed by atoms with Gasteiger partial charge in [-0.05, 0) is 44.0 Å². The van der Waals surface area contributed by atoms with Crippen LogP contribution in [0.15, 0.2) is 42.7 Å². The zero-order valence-corrected chi connectivity index (χ0v) is 14.4. The number of aryl methyl sites for hydroxylation is 1. The zero-order valence-electron chi connectivity index (χ0n) is 14.4. The lowest BCUT2D eigenvalue weighted by molar-refractivity contribution is 0.0945. The summed E-state index contributed by atoms with van der Waals surface area (Å²) in [5.74, 6) is 1.35. The molecular weight excluding hydrogens is 330 g/mol. The van der Waals surface area contributed by atoms with E-state index in [1.807, 2.05) is 37.3 Å². The lowest BCUT2D eigenvalue weighted by atomic mass is 10.2. The molecule has 0 radical (unpaired) electrons. The van der Waals surface area contributed by atoms with Gasteiger partial charge in [-0.2, -0.15) is 5.10 Å². The molecule has 7 nitrogen and oxygen atoms in total. The number of amides is 1. The van der Waals surface area contributed by atoms with Crippen molar-refractivity contribution in [3.05, 3.63) is 65.4 Å². The lowest BCUT2D eigenvalue weighted by Gasteiger charge is -2.10. The van der Waals surface area contributed by atoms with Crippen LogP contribution in [0.25, 0.3) is 0 Å². The van der Waals surface area contributed by atoms with Crippen molar-refractivity contribution in [2.75, 3.05) is 0 Å². The van der Waals surface area contributed by atoms with Crippen LogP contribution in [0, 0.1) is 6.92 Å². The van der Waals surface area contributed by atoms with Gasteiger partial charge in [0.25, 0.3) is 5.91 Å². The van der Waals surface area contributed by atoms with Crippen LogP contribution in [0.1, 0.15) is 46.2 Å². The third kappa shape index (κ3) is 3.72. The summed E-state index contributed by atoms with van der Waals surface area (Å²) in [6.07, 6.45) is 5.62. The first kappa shape index (κ1) is 16.3. The number of H-pyrrole nitrogens is 1. The van der Waals surface area contributed by atoms with Crippen molar-refractivity contribution in [3.63, 3.8) is 0 Å². The van der Waals surface area contributed by atoms with Gasteiger partial charge in [0.2, 0.25) is 5.88 Å². The molecule has 0 spiro atoms. The van der Waals surface area contributed by atoms with Crippen molar-refractivity contribution in [1.82, 2.24) is 25.5 Å². The Kier molecular flexibility index (Phi) is 4.35. The highest BCUT2D eigenvalue weighted by molar-refractivity contribution is 5.92. The van der Waals surface area contributed by atoms with Gasteiger partial charge in [-0.3, -0.25) is 14.9 Å². The van der Waals surface area contributed by atoms with Crippen LogP contribution in [0.4, 0.5) is 0 Å². The van der Waals surface area contributed by atoms with E-state index in [0.717, 1.165) is 29.8 Å². The minimum atomic E-state index is -0.222. The average molecular weight is 349 g/mol. The summed E-state index contributed by atoms with van der Waals surface area (Å²) in [7, 11) is 0. The normalized spacial score (nSPS) is 13.4. The van der Waals surface area contributed by atoms with Gasteiger partial charge >= 0.3 is 0 Å². The Labute approximate surface area is 150 Å². The Bertz CT molecular complexity index is 916. The van der Waals surface area contributed by atoms with Crippen LogP contribution < -0.4 is 10.1 Å². The number of carbonyl (C=O) groups is 1. The first-order chi connectivity index (χ1) is 12.7. The molecule has 0 aromatic carbocycles. The molecule has 4 rings (SSSR count). The third-order valence-electron chi connectivity index (χ3n) is 4.24. The number of hydrogen-bond acceptors (Lipinski definition) is 5. The molecule has 3 aromatic heterocycles. The maximum Gasteiger partial charge on any atom is 0.272 e. The number of aromatic amines is 1. The second-order valence-corrected chi connectivity index (χ2v) is 6.37. The number of aromatic nitrogens is 4. The van der Waals surface area contributed by atoms with Crippen molar-refractivity contribution in [1.29, 1.82) is 0 Å². The minimum absolute atomic E-state index is 0.222. The quantitative estimate of drug-likeness (QED) is 0.713. The van der Waals surface area contributed by atoms with Gasteiger partial charge in [0.15, 0.2) is 0 Å². The fraction of sp³-hybridized carbons (Fsp3) is 0.263. The molecule has 0 saturated heterocycles. The number of carbonyl (C=O) groups excluding carboxylic acids is 1. The van der Waals surface area contributed by atoms with Crippen molar-refractivity contribution in [2.45, 2.75) is 32.2 Å². The van der Waals surface area contributed by atoms with Crippen LogP contribution in [-0.4, -0.2) is 26.1 Å². The lowest BCUT2D eigenvalue weighted by Crippen LogP contribution is -2.23. The molecule has 1 amide bonds. The largest absolute Gasteiger partial charge is 0.437 e. The van der Waals surface area contributed by atoms with Gasteiger partial charge < -0.3 is 10.1 Å². The van der Waals surface area contributed by atoms with E-state index in [2.05, 4.69) is 25.5 Å². The first-order valence-electron chi connectivity index (χ1n) is 8.57. The summed E-state index contributed by atoms with van der Waals surface area (Å²) in [5.41, 5.74) is 3.13. The van der Waals surface area contributed by atoms with E-state index in [4.69, 9.17) is 4.74 Å². The molecule has 26 heavy (non-hydrogen) atoms. The monoisotopic (exact) mass is 349 g/mol. The van der Waals surface area contributed by atoms with E-state index < -0.39 is 0 Å². The predicted molar refractivity (Wildman–Crippen MR) is 95.0 cm³/mol. The summed E-state index contributed by atoms with van der Waals surface area (Å²) >= 11 is 0. The maximum atomic E-state index is 12.3. The Balaban J connectivity index is 1.42. The van der Waals surface area contributed by atoms with Gasteiger partial charge in [-0.15, -0.1) is 0 Å². The van der Waals surface area contributed by atoms with Crippen LogP contribution in [0.2, 0.25) is 0 Å². The Morgan fingerprint density at radius 2 is 2.19 bits per heavy atom. The van der Waals surface area contributed by atoms with Crippen LogP contribution >= 0.6 is 0 Å². The molecule has 0 aliphatic heterocycles. The van der Waals surface area contributed by atoms with Gasteiger partial charge in [-0.25, -0.2) is 4.98 Å². The van der Waals surface area contributed by atoms with E-state index in [1.165, 1.54) is 0 Å². The number of hydrogen-bond donors (Lipinski definition) is 2. The molecule has 3 aromatic rings. The van der Waals surface area contributed by atoms with Crippen molar-refractivity contribution >= 4 is 5.91 Å². The van der Waals surface area contributed by atoms with E-state index in [-0.39, 0.29) is 5.91 Å². The molecule has 1 fully saturated rings. The molecular formula is C19H19N5O2. The Morgan fingerprint density at radius 3 is 2.96 bits per heavy atom. The second kappa shape index (κ2) is 6.95. The van der Waals surface area contributed by atoms with Gasteiger partial charge in [0, 0.05) is 35.6 Å². The van der Waals surface area contributed by atoms with E-state index >= 15 is 0 Å². The summed E-state index contributed by atoms with van der Waals surface area (Å²) < 4.78 is 5.80. The topological polar surface area (TPSA) is 92.8 Å². The average Bonchev–Trinajstić information content (AvgIpc) is 3.39. The Hall–Kier alpha value is -3.22. The van der Waals surface area contributed by atoms with Crippen LogP contribution in [0.5, 0.6) is 11.6 Å². The molecule has 7 heteroatoms. The van der Waals surface area contributed by atoms with E-state index in [0.29, 0.717) is 29.8 Å². The molecule has 3 heterocycles. The van der Waals surface area contributed by atoms with Crippen molar-refractivity contribution in [2.24, 2.45) is 0 Å². The summed E-state index contributed by atoms with van der Waals surface area (Å²) in [5, 5.41) is 9.90. The third-order valence-corrected chi connectivity index (χ3v) is 4.24. The summed E-state index contributed by atoms with van der Waals surface area (Å²) in [6, 6.07) is 9.20. The fourth-order valence-electron chi connectivity index (χ4n) is 2.60. The van der Waals surface area contributed by atoms with Gasteiger partial charge in [0.05, 0.1) is 6.20 Å². The Morgan fingerprint density at radius 1 is 1.31 bits per heavy atom. The highest BCUT2D eigenvalue weighted by Gasteiger charge is 2.26. The summed E-state index contributed by atoms with van der Waals surface area (Å²) in [4.78, 5) is 20.8. The molecule has 1 saturated carbocycles. The number of rotatable bonds is 6. The molecule has 132 valence electrons. The smallest absolute Gasteiger partial charge is 0.272 e. The van der Waals surface area contributed by atoms with Crippen LogP contribution in [-0.2, 0) is 6.54 Å². The van der Waals surface area contributed by atoms with Crippen molar-refractivity contribution in [3.8, 4) is 11.6 Å². The van der Waals surface area contributed by atoms with E-state index in [9.17, 15) is 4.79 Å². The van der Waals surface area contributed by atoms with Gasteiger partial charge in [-0.1, -0.05) is 6.07 Å². The summed E-state index contributed by atoms with van der Waals surface area (Å²) in [6.45, 7) is 2.21. The van der Waals surface area contributed by atoms with Crippen molar-refractivity contribution < 1.29 is 9.53 Å². The van der Waals surface area contributed by atoms with E-state index in [1.54, 1.807) is 12.4 Å². The van der Waals surface area contributed by atoms with Crippen LogP contribution in [0.3, 0.4) is 0 Å². The molecule has 1 aliphatic rings. The molecule has 0 atom stereocenters. The number of nitrogens with one attached hydrogen (secondary N) is 2. The fourth-order valence-corrected chi connectivity index (χ4v) is 2.60. The maximum absolute atomic E-state index is 12.3. The predicted octanol–water partition coefficient (Wildman–Crippen LogP) is 3.11. The molecule has 1 aliphatic carbocycles.